The number of hydrogen-bond acceptors (Lipinski definition) is 3. The van der Waals surface area contributed by atoms with Gasteiger partial charge < -0.3 is 9.72 Å². The molecule has 1 fully saturated rings. The maximum Gasteiger partial charge on any atom is 0.355 e. The molecule has 1 saturated carbocycles. The van der Waals surface area contributed by atoms with E-state index in [2.05, 4.69) is 4.98 Å². The Hall–Kier alpha value is -2.54. The van der Waals surface area contributed by atoms with Gasteiger partial charge in [-0.25, -0.2) is 4.79 Å². The van der Waals surface area contributed by atoms with Gasteiger partial charge in [0.05, 0.1) is 0 Å². The fraction of sp³-hybridized carbons (Fsp3) is 0.333. The molecule has 1 aliphatic rings. The lowest BCUT2D eigenvalue weighted by molar-refractivity contribution is 0.0131. The van der Waals surface area contributed by atoms with Gasteiger partial charge in [-0.1, -0.05) is 43.2 Å². The second-order valence-corrected chi connectivity index (χ2v) is 5.68. The molecule has 112 valence electrons. The van der Waals surface area contributed by atoms with Crippen LogP contribution in [0.15, 0.2) is 42.5 Å². The first kappa shape index (κ1) is 14.4. The molecule has 2 aromatic rings. The average molecular weight is 294 g/mol. The van der Waals surface area contributed by atoms with Crippen LogP contribution in [0.5, 0.6) is 0 Å². The van der Waals surface area contributed by atoms with Crippen molar-refractivity contribution < 1.29 is 9.53 Å². The van der Waals surface area contributed by atoms with Crippen LogP contribution in [0.3, 0.4) is 0 Å². The number of esters is 1. The first-order valence-corrected chi connectivity index (χ1v) is 7.63. The highest BCUT2D eigenvalue weighted by Crippen LogP contribution is 2.38. The van der Waals surface area contributed by atoms with Gasteiger partial charge in [0.2, 0.25) is 0 Å². The lowest BCUT2D eigenvalue weighted by atomic mass is 9.94. The van der Waals surface area contributed by atoms with Gasteiger partial charge in [-0.3, -0.25) is 0 Å². The summed E-state index contributed by atoms with van der Waals surface area (Å²) in [4.78, 5) is 15.1. The number of H-pyrrole nitrogens is 1. The second-order valence-electron chi connectivity index (χ2n) is 5.68. The van der Waals surface area contributed by atoms with Gasteiger partial charge in [0, 0.05) is 5.92 Å². The summed E-state index contributed by atoms with van der Waals surface area (Å²) in [6.45, 7) is 0. The number of hydrogen-bond donors (Lipinski definition) is 1. The molecule has 0 aliphatic heterocycles. The number of rotatable bonds is 4. The lowest BCUT2D eigenvalue weighted by Crippen LogP contribution is -2.18. The third kappa shape index (κ3) is 3.04. The normalized spacial score (nSPS) is 16.1. The molecule has 1 heterocycles. The number of aromatic amines is 1. The minimum Gasteiger partial charge on any atom is -0.453 e. The first-order chi connectivity index (χ1) is 10.8. The van der Waals surface area contributed by atoms with Crippen LogP contribution in [0.1, 0.15) is 53.5 Å². The van der Waals surface area contributed by atoms with E-state index >= 15 is 0 Å². The van der Waals surface area contributed by atoms with E-state index in [-0.39, 0.29) is 6.10 Å². The molecule has 1 aromatic heterocycles. The van der Waals surface area contributed by atoms with E-state index in [1.807, 2.05) is 36.4 Å². The van der Waals surface area contributed by atoms with E-state index < -0.39 is 5.97 Å². The molecule has 4 heteroatoms. The van der Waals surface area contributed by atoms with Gasteiger partial charge in [-0.2, -0.15) is 5.26 Å². The molecule has 0 amide bonds. The van der Waals surface area contributed by atoms with E-state index in [0.717, 1.165) is 18.4 Å². The summed E-state index contributed by atoms with van der Waals surface area (Å²) in [7, 11) is 0. The maximum atomic E-state index is 12.4. The predicted octanol–water partition coefficient (Wildman–Crippen LogP) is 3.97. The molecule has 1 unspecified atom stereocenters. The Balaban J connectivity index is 1.80. The smallest absolute Gasteiger partial charge is 0.355 e. The van der Waals surface area contributed by atoms with Crippen molar-refractivity contribution >= 4 is 5.97 Å². The van der Waals surface area contributed by atoms with E-state index in [0.29, 0.717) is 17.3 Å². The van der Waals surface area contributed by atoms with E-state index in [4.69, 9.17) is 10.00 Å². The minimum atomic E-state index is -0.401. The Morgan fingerprint density at radius 1 is 1.18 bits per heavy atom. The Kier molecular flexibility index (Phi) is 4.24. The van der Waals surface area contributed by atoms with Gasteiger partial charge in [-0.15, -0.1) is 0 Å². The van der Waals surface area contributed by atoms with Crippen LogP contribution in [0.25, 0.3) is 0 Å². The molecule has 0 spiro atoms. The Morgan fingerprint density at radius 2 is 1.91 bits per heavy atom. The summed E-state index contributed by atoms with van der Waals surface area (Å²) in [5.41, 5.74) is 1.73. The molecule has 1 aromatic carbocycles. The SMILES string of the molecule is N#Cc1ccc(C(=O)OC(c2ccccc2)C2CCCC2)[nH]1. The number of benzene rings is 1. The Bertz CT molecular complexity index is 679. The fourth-order valence-corrected chi connectivity index (χ4v) is 3.10. The molecule has 0 bridgehead atoms. The minimum absolute atomic E-state index is 0.218. The molecule has 1 N–H and O–H groups in total. The van der Waals surface area contributed by atoms with Crippen LogP contribution in [0, 0.1) is 17.2 Å². The van der Waals surface area contributed by atoms with Crippen molar-refractivity contribution in [1.29, 1.82) is 5.26 Å². The maximum absolute atomic E-state index is 12.4. The second kappa shape index (κ2) is 6.48. The van der Waals surface area contributed by atoms with Crippen molar-refractivity contribution in [1.82, 2.24) is 4.98 Å². The molecule has 1 aliphatic carbocycles. The number of nitrogens with one attached hydrogen (secondary N) is 1. The van der Waals surface area contributed by atoms with Crippen molar-refractivity contribution in [3.8, 4) is 6.07 Å². The van der Waals surface area contributed by atoms with Gasteiger partial charge in [-0.05, 0) is 30.5 Å². The van der Waals surface area contributed by atoms with Crippen molar-refractivity contribution in [3.05, 3.63) is 59.4 Å². The highest BCUT2D eigenvalue weighted by Gasteiger charge is 2.30. The average Bonchev–Trinajstić information content (AvgIpc) is 3.24. The summed E-state index contributed by atoms with van der Waals surface area (Å²) in [5, 5.41) is 8.83. The molecule has 0 saturated heterocycles. The molecule has 4 nitrogen and oxygen atoms in total. The highest BCUT2D eigenvalue weighted by atomic mass is 16.5. The van der Waals surface area contributed by atoms with Crippen LogP contribution in [0.4, 0.5) is 0 Å². The molecule has 1 atom stereocenters. The summed E-state index contributed by atoms with van der Waals surface area (Å²) in [6, 6.07) is 15.1. The molecule has 22 heavy (non-hydrogen) atoms. The predicted molar refractivity (Wildman–Crippen MR) is 82.1 cm³/mol. The number of carbonyl (C=O) groups is 1. The van der Waals surface area contributed by atoms with Gasteiger partial charge in [0.15, 0.2) is 0 Å². The van der Waals surface area contributed by atoms with Crippen molar-refractivity contribution in [2.45, 2.75) is 31.8 Å². The molecule has 3 rings (SSSR count). The zero-order chi connectivity index (χ0) is 15.4. The molecular weight excluding hydrogens is 276 g/mol. The number of nitriles is 1. The number of aromatic nitrogens is 1. The number of nitrogens with zero attached hydrogens (tertiary/aromatic N) is 1. The standard InChI is InChI=1S/C18H18N2O2/c19-12-15-10-11-16(20-15)18(21)22-17(14-8-4-5-9-14)13-6-2-1-3-7-13/h1-3,6-7,10-11,14,17,20H,4-5,8-9H2. The zero-order valence-electron chi connectivity index (χ0n) is 12.3. The first-order valence-electron chi connectivity index (χ1n) is 7.63. The van der Waals surface area contributed by atoms with E-state index in [9.17, 15) is 4.79 Å². The quantitative estimate of drug-likeness (QED) is 0.867. The third-order valence-electron chi connectivity index (χ3n) is 4.22. The number of carbonyl (C=O) groups excluding carboxylic acids is 1. The number of ether oxygens (including phenoxy) is 1. The van der Waals surface area contributed by atoms with Crippen molar-refractivity contribution in [2.75, 3.05) is 0 Å². The van der Waals surface area contributed by atoms with Gasteiger partial charge >= 0.3 is 5.97 Å². The highest BCUT2D eigenvalue weighted by molar-refractivity contribution is 5.87. The summed E-state index contributed by atoms with van der Waals surface area (Å²) >= 11 is 0. The largest absolute Gasteiger partial charge is 0.453 e. The summed E-state index contributed by atoms with van der Waals surface area (Å²) in [6.07, 6.45) is 4.33. The zero-order valence-corrected chi connectivity index (χ0v) is 12.3. The third-order valence-corrected chi connectivity index (χ3v) is 4.22. The van der Waals surface area contributed by atoms with Crippen LogP contribution in [-0.2, 0) is 4.74 Å². The monoisotopic (exact) mass is 294 g/mol. The Labute approximate surface area is 129 Å². The van der Waals surface area contributed by atoms with Crippen LogP contribution < -0.4 is 0 Å². The van der Waals surface area contributed by atoms with Crippen LogP contribution in [0.2, 0.25) is 0 Å². The van der Waals surface area contributed by atoms with Crippen molar-refractivity contribution in [3.63, 3.8) is 0 Å². The fourth-order valence-electron chi connectivity index (χ4n) is 3.10. The van der Waals surface area contributed by atoms with Crippen LogP contribution >= 0.6 is 0 Å². The van der Waals surface area contributed by atoms with E-state index in [1.54, 1.807) is 12.1 Å². The van der Waals surface area contributed by atoms with E-state index in [1.165, 1.54) is 12.8 Å². The molecule has 0 radical (unpaired) electrons. The summed E-state index contributed by atoms with van der Waals surface area (Å²) in [5.74, 6) is -0.0287. The Morgan fingerprint density at radius 3 is 2.55 bits per heavy atom. The topological polar surface area (TPSA) is 65.9 Å². The van der Waals surface area contributed by atoms with Crippen LogP contribution in [-0.4, -0.2) is 11.0 Å². The van der Waals surface area contributed by atoms with Gasteiger partial charge in [0.1, 0.15) is 23.6 Å². The van der Waals surface area contributed by atoms with Gasteiger partial charge in [0.25, 0.3) is 0 Å². The summed E-state index contributed by atoms with van der Waals surface area (Å²) < 4.78 is 5.78. The molecular formula is C18H18N2O2. The van der Waals surface area contributed by atoms with Crippen molar-refractivity contribution in [2.24, 2.45) is 5.92 Å². The lowest BCUT2D eigenvalue weighted by Gasteiger charge is -2.24.